The summed E-state index contributed by atoms with van der Waals surface area (Å²) < 4.78 is 24.0. The molecule has 0 bridgehead atoms. The summed E-state index contributed by atoms with van der Waals surface area (Å²) in [6.45, 7) is 6.90. The lowest BCUT2D eigenvalue weighted by molar-refractivity contribution is 0.0195. The second kappa shape index (κ2) is 7.17. The second-order valence-corrected chi connectivity index (χ2v) is 6.66. The van der Waals surface area contributed by atoms with E-state index in [1.165, 1.54) is 19.2 Å². The van der Waals surface area contributed by atoms with Gasteiger partial charge in [0, 0.05) is 19.6 Å². The van der Waals surface area contributed by atoms with Gasteiger partial charge in [-0.25, -0.2) is 14.0 Å². The highest BCUT2D eigenvalue weighted by atomic mass is 19.1. The molecule has 0 saturated carbocycles. The number of halogens is 1. The van der Waals surface area contributed by atoms with E-state index in [2.05, 4.69) is 10.1 Å². The molecule has 1 N–H and O–H groups in total. The quantitative estimate of drug-likeness (QED) is 0.839. The van der Waals surface area contributed by atoms with Gasteiger partial charge in [0.15, 0.2) is 0 Å². The molecule has 132 valence electrons. The van der Waals surface area contributed by atoms with Crippen LogP contribution in [0.4, 0.5) is 9.18 Å². The van der Waals surface area contributed by atoms with Crippen molar-refractivity contribution in [2.45, 2.75) is 32.4 Å². The van der Waals surface area contributed by atoms with Gasteiger partial charge in [-0.05, 0) is 38.5 Å². The van der Waals surface area contributed by atoms with Crippen LogP contribution in [0, 0.1) is 5.82 Å². The van der Waals surface area contributed by atoms with Crippen LogP contribution in [0.2, 0.25) is 0 Å². The highest BCUT2D eigenvalue weighted by Crippen LogP contribution is 2.22. The number of esters is 1. The van der Waals surface area contributed by atoms with Crippen molar-refractivity contribution in [1.29, 1.82) is 0 Å². The average molecular weight is 338 g/mol. The first-order valence-corrected chi connectivity index (χ1v) is 7.80. The zero-order chi connectivity index (χ0) is 17.9. The van der Waals surface area contributed by atoms with Gasteiger partial charge < -0.3 is 19.7 Å². The fourth-order valence-corrected chi connectivity index (χ4v) is 2.49. The average Bonchev–Trinajstić information content (AvgIpc) is 2.52. The minimum Gasteiger partial charge on any atom is -0.465 e. The van der Waals surface area contributed by atoms with Crippen molar-refractivity contribution in [3.8, 4) is 0 Å². The van der Waals surface area contributed by atoms with Crippen molar-refractivity contribution < 1.29 is 23.5 Å². The standard InChI is InChI=1S/C17H23FN2O4/c1-17(2,3)24-16(22)20-8-7-19-14(10-20)11-5-6-12(13(18)9-11)15(21)23-4/h5-6,9,14,19H,7-8,10H2,1-4H3. The largest absolute Gasteiger partial charge is 0.465 e. The molecule has 7 heteroatoms. The molecule has 1 amide bonds. The zero-order valence-electron chi connectivity index (χ0n) is 14.4. The maximum absolute atomic E-state index is 14.1. The third-order valence-electron chi connectivity index (χ3n) is 3.63. The Morgan fingerprint density at radius 3 is 2.62 bits per heavy atom. The Bertz CT molecular complexity index is 628. The van der Waals surface area contributed by atoms with Crippen molar-refractivity contribution in [1.82, 2.24) is 10.2 Å². The van der Waals surface area contributed by atoms with Gasteiger partial charge in [0.1, 0.15) is 11.4 Å². The number of amides is 1. The van der Waals surface area contributed by atoms with Crippen molar-refractivity contribution in [2.75, 3.05) is 26.7 Å². The summed E-state index contributed by atoms with van der Waals surface area (Å²) in [7, 11) is 1.21. The SMILES string of the molecule is COC(=O)c1ccc(C2CN(C(=O)OC(C)(C)C)CCN2)cc1F. The van der Waals surface area contributed by atoms with Gasteiger partial charge in [-0.15, -0.1) is 0 Å². The molecule has 1 aliphatic heterocycles. The molecule has 0 spiro atoms. The highest BCUT2D eigenvalue weighted by molar-refractivity contribution is 5.89. The molecule has 1 heterocycles. The van der Waals surface area contributed by atoms with E-state index in [4.69, 9.17) is 4.74 Å². The number of rotatable bonds is 2. The number of hydrogen-bond acceptors (Lipinski definition) is 5. The van der Waals surface area contributed by atoms with Gasteiger partial charge in [-0.3, -0.25) is 0 Å². The number of nitrogens with zero attached hydrogens (tertiary/aromatic N) is 1. The molecule has 6 nitrogen and oxygen atoms in total. The number of piperazine rings is 1. The van der Waals surface area contributed by atoms with Crippen LogP contribution in [0.1, 0.15) is 42.7 Å². The molecule has 2 rings (SSSR count). The number of carbonyl (C=O) groups excluding carboxylic acids is 2. The van der Waals surface area contributed by atoms with Crippen LogP contribution in [0.25, 0.3) is 0 Å². The normalized spacial score (nSPS) is 18.2. The fourth-order valence-electron chi connectivity index (χ4n) is 2.49. The number of benzene rings is 1. The van der Waals surface area contributed by atoms with Gasteiger partial charge in [-0.2, -0.15) is 0 Å². The first-order chi connectivity index (χ1) is 11.2. The summed E-state index contributed by atoms with van der Waals surface area (Å²) in [6, 6.07) is 4.12. The van der Waals surface area contributed by atoms with Crippen molar-refractivity contribution in [3.05, 3.63) is 35.1 Å². The summed E-state index contributed by atoms with van der Waals surface area (Å²) >= 11 is 0. The molecular weight excluding hydrogens is 315 g/mol. The molecule has 1 aromatic rings. The third kappa shape index (κ3) is 4.44. The minimum atomic E-state index is -0.717. The van der Waals surface area contributed by atoms with Gasteiger partial charge in [-0.1, -0.05) is 6.07 Å². The molecule has 1 aliphatic rings. The smallest absolute Gasteiger partial charge is 0.410 e. The third-order valence-corrected chi connectivity index (χ3v) is 3.63. The number of hydrogen-bond donors (Lipinski definition) is 1. The van der Waals surface area contributed by atoms with Crippen molar-refractivity contribution in [2.24, 2.45) is 0 Å². The predicted octanol–water partition coefficient (Wildman–Crippen LogP) is 2.49. The van der Waals surface area contributed by atoms with Gasteiger partial charge in [0.2, 0.25) is 0 Å². The minimum absolute atomic E-state index is 0.110. The number of carbonyl (C=O) groups is 2. The molecule has 0 radical (unpaired) electrons. The maximum Gasteiger partial charge on any atom is 0.410 e. The van der Waals surface area contributed by atoms with Crippen LogP contribution in [-0.4, -0.2) is 49.3 Å². The Morgan fingerprint density at radius 2 is 2.04 bits per heavy atom. The van der Waals surface area contributed by atoms with Crippen molar-refractivity contribution in [3.63, 3.8) is 0 Å². The molecule has 1 fully saturated rings. The van der Waals surface area contributed by atoms with Crippen LogP contribution < -0.4 is 5.32 Å². The van der Waals surface area contributed by atoms with E-state index < -0.39 is 17.4 Å². The topological polar surface area (TPSA) is 67.9 Å². The van der Waals surface area contributed by atoms with E-state index in [9.17, 15) is 14.0 Å². The van der Waals surface area contributed by atoms with Crippen LogP contribution in [0.15, 0.2) is 18.2 Å². The van der Waals surface area contributed by atoms with Gasteiger partial charge in [0.05, 0.1) is 18.7 Å². The summed E-state index contributed by atoms with van der Waals surface area (Å²) in [5.74, 6) is -1.36. The molecule has 1 saturated heterocycles. The summed E-state index contributed by atoms with van der Waals surface area (Å²) in [6.07, 6.45) is -0.388. The van der Waals surface area contributed by atoms with Gasteiger partial charge >= 0.3 is 12.1 Å². The number of nitrogens with one attached hydrogen (secondary N) is 1. The van der Waals surface area contributed by atoms with E-state index in [1.54, 1.807) is 11.0 Å². The molecular formula is C17H23FN2O4. The van der Waals surface area contributed by atoms with Gasteiger partial charge in [0.25, 0.3) is 0 Å². The van der Waals surface area contributed by atoms with Crippen molar-refractivity contribution >= 4 is 12.1 Å². The molecule has 1 aromatic carbocycles. The molecule has 1 unspecified atom stereocenters. The van der Waals surface area contributed by atoms with Crippen LogP contribution in [-0.2, 0) is 9.47 Å². The molecule has 1 atom stereocenters. The van der Waals surface area contributed by atoms with E-state index in [-0.39, 0.29) is 17.7 Å². The first kappa shape index (κ1) is 18.2. The maximum atomic E-state index is 14.1. The Labute approximate surface area is 140 Å². The Hall–Kier alpha value is -2.15. The monoisotopic (exact) mass is 338 g/mol. The molecule has 0 aliphatic carbocycles. The van der Waals surface area contributed by atoms with Crippen LogP contribution in [0.5, 0.6) is 0 Å². The Morgan fingerprint density at radius 1 is 1.33 bits per heavy atom. The van der Waals surface area contributed by atoms with Crippen LogP contribution >= 0.6 is 0 Å². The summed E-state index contributed by atoms with van der Waals surface area (Å²) in [5.41, 5.74) is -0.0133. The molecule has 24 heavy (non-hydrogen) atoms. The summed E-state index contributed by atoms with van der Waals surface area (Å²) in [5, 5.41) is 3.24. The lowest BCUT2D eigenvalue weighted by Crippen LogP contribution is -2.49. The lowest BCUT2D eigenvalue weighted by atomic mass is 10.0. The van der Waals surface area contributed by atoms with E-state index in [0.717, 1.165) is 0 Å². The highest BCUT2D eigenvalue weighted by Gasteiger charge is 2.28. The Balaban J connectivity index is 2.11. The van der Waals surface area contributed by atoms with E-state index >= 15 is 0 Å². The number of ether oxygens (including phenoxy) is 2. The van der Waals surface area contributed by atoms with Crippen LogP contribution in [0.3, 0.4) is 0 Å². The zero-order valence-corrected chi connectivity index (χ0v) is 14.4. The molecule has 0 aromatic heterocycles. The second-order valence-electron chi connectivity index (χ2n) is 6.66. The number of methoxy groups -OCH3 is 1. The van der Waals surface area contributed by atoms with E-state index in [1.807, 2.05) is 20.8 Å². The Kier molecular flexibility index (Phi) is 5.43. The first-order valence-electron chi connectivity index (χ1n) is 7.80. The predicted molar refractivity (Wildman–Crippen MR) is 86.3 cm³/mol. The fraction of sp³-hybridized carbons (Fsp3) is 0.529. The van der Waals surface area contributed by atoms with E-state index in [0.29, 0.717) is 25.2 Å². The lowest BCUT2D eigenvalue weighted by Gasteiger charge is -2.35. The summed E-state index contributed by atoms with van der Waals surface area (Å²) in [4.78, 5) is 25.2.